The van der Waals surface area contributed by atoms with Crippen LogP contribution in [0.15, 0.2) is 42.0 Å². The molecule has 3 fully saturated rings. The van der Waals surface area contributed by atoms with Crippen LogP contribution in [0.4, 0.5) is 4.39 Å². The summed E-state index contributed by atoms with van der Waals surface area (Å²) in [6.07, 6.45) is 9.08. The fourth-order valence-corrected chi connectivity index (χ4v) is 9.20. The number of fused-ring (bicyclic) bond motifs is 6. The Labute approximate surface area is 224 Å². The van der Waals surface area contributed by atoms with Crippen LogP contribution in [-0.2, 0) is 22.4 Å². The molecule has 5 aliphatic carbocycles. The van der Waals surface area contributed by atoms with Crippen LogP contribution in [0.25, 0.3) is 0 Å². The summed E-state index contributed by atoms with van der Waals surface area (Å²) in [7, 11) is 0. The molecule has 0 saturated heterocycles. The van der Waals surface area contributed by atoms with Crippen molar-refractivity contribution >= 4 is 11.6 Å². The van der Waals surface area contributed by atoms with Crippen molar-refractivity contribution in [3.8, 4) is 5.75 Å². The Kier molecular flexibility index (Phi) is 5.87. The number of hydrogen-bond donors (Lipinski definition) is 2. The standard InChI is InChI=1S/C32H39FO5/c1-19-14-26-25-11-9-22-16-23(34)12-13-29(22,2)31(25,33)27(35)17-30(26,3)32(19,37)28(36)18-38-24-10-8-20-6-4-5-7-21(20)15-24/h8,10,12-13,15-16,19,25-27,35,37H,4-7,9,11,14,17-18H2,1-3H3/t19-,25?,26?,27+,29?,30?,31+,32+/m1/s1. The lowest BCUT2D eigenvalue weighted by atomic mass is 9.44. The maximum Gasteiger partial charge on any atom is 0.202 e. The van der Waals surface area contributed by atoms with E-state index in [-0.39, 0.29) is 24.7 Å². The zero-order valence-electron chi connectivity index (χ0n) is 22.6. The first-order chi connectivity index (χ1) is 17.9. The molecular weight excluding hydrogens is 483 g/mol. The van der Waals surface area contributed by atoms with Crippen LogP contribution in [0, 0.1) is 28.6 Å². The summed E-state index contributed by atoms with van der Waals surface area (Å²) in [4.78, 5) is 25.8. The molecule has 0 aliphatic heterocycles. The van der Waals surface area contributed by atoms with Gasteiger partial charge in [0.05, 0.1) is 6.10 Å². The number of hydrogen-bond acceptors (Lipinski definition) is 5. The number of aryl methyl sites for hydroxylation is 2. The maximum absolute atomic E-state index is 17.3. The van der Waals surface area contributed by atoms with E-state index in [0.717, 1.165) is 24.8 Å². The average molecular weight is 523 g/mol. The molecule has 38 heavy (non-hydrogen) atoms. The summed E-state index contributed by atoms with van der Waals surface area (Å²) in [6.45, 7) is 5.23. The molecule has 6 rings (SSSR count). The molecule has 0 aromatic heterocycles. The van der Waals surface area contributed by atoms with Gasteiger partial charge in [0.2, 0.25) is 5.78 Å². The topological polar surface area (TPSA) is 83.8 Å². The van der Waals surface area contributed by atoms with Gasteiger partial charge in [0.25, 0.3) is 0 Å². The van der Waals surface area contributed by atoms with E-state index in [4.69, 9.17) is 4.74 Å². The van der Waals surface area contributed by atoms with Gasteiger partial charge in [-0.1, -0.05) is 31.6 Å². The molecule has 6 heteroatoms. The second-order valence-electron chi connectivity index (χ2n) is 13.0. The van der Waals surface area contributed by atoms with Crippen LogP contribution in [0.2, 0.25) is 0 Å². The van der Waals surface area contributed by atoms with E-state index < -0.39 is 45.8 Å². The van der Waals surface area contributed by atoms with Crippen molar-refractivity contribution in [2.24, 2.45) is 28.6 Å². The molecule has 2 N–H and O–H groups in total. The first kappa shape index (κ1) is 25.9. The Hall–Kier alpha value is -2.31. The Morgan fingerprint density at radius 2 is 1.87 bits per heavy atom. The highest BCUT2D eigenvalue weighted by molar-refractivity contribution is 6.01. The lowest BCUT2D eigenvalue weighted by molar-refractivity contribution is -0.219. The van der Waals surface area contributed by atoms with Crippen LogP contribution >= 0.6 is 0 Å². The van der Waals surface area contributed by atoms with Gasteiger partial charge in [-0.25, -0.2) is 4.39 Å². The van der Waals surface area contributed by atoms with Gasteiger partial charge in [0.1, 0.15) is 18.0 Å². The summed E-state index contributed by atoms with van der Waals surface area (Å²) >= 11 is 0. The molecule has 204 valence electrons. The Bertz CT molecular complexity index is 1250. The maximum atomic E-state index is 17.3. The normalized spacial score (nSPS) is 43.4. The van der Waals surface area contributed by atoms with E-state index in [2.05, 4.69) is 6.07 Å². The van der Waals surface area contributed by atoms with Crippen LogP contribution in [0.1, 0.15) is 70.4 Å². The van der Waals surface area contributed by atoms with Gasteiger partial charge in [0, 0.05) is 16.7 Å². The molecular formula is C32H39FO5. The van der Waals surface area contributed by atoms with Crippen molar-refractivity contribution < 1.29 is 28.9 Å². The van der Waals surface area contributed by atoms with E-state index in [1.807, 2.05) is 26.0 Å². The molecule has 5 aliphatic rings. The Morgan fingerprint density at radius 3 is 2.63 bits per heavy atom. The Balaban J connectivity index is 1.28. The third kappa shape index (κ3) is 3.28. The summed E-state index contributed by atoms with van der Waals surface area (Å²) in [5, 5.41) is 23.6. The molecule has 1 aromatic rings. The van der Waals surface area contributed by atoms with Crippen molar-refractivity contribution in [2.45, 2.75) is 89.5 Å². The third-order valence-electron chi connectivity index (χ3n) is 11.3. The third-order valence-corrected chi connectivity index (χ3v) is 11.3. The molecule has 0 radical (unpaired) electrons. The smallest absolute Gasteiger partial charge is 0.202 e. The summed E-state index contributed by atoms with van der Waals surface area (Å²) in [6, 6.07) is 5.96. The number of ketones is 2. The van der Waals surface area contributed by atoms with Gasteiger partial charge in [-0.3, -0.25) is 9.59 Å². The number of benzene rings is 1. The first-order valence-corrected chi connectivity index (χ1v) is 14.3. The number of alkyl halides is 1. The molecule has 0 bridgehead atoms. The zero-order chi connectivity index (χ0) is 27.1. The van der Waals surface area contributed by atoms with Gasteiger partial charge < -0.3 is 14.9 Å². The van der Waals surface area contributed by atoms with E-state index >= 15 is 4.39 Å². The van der Waals surface area contributed by atoms with Crippen LogP contribution in [0.5, 0.6) is 5.75 Å². The van der Waals surface area contributed by atoms with Gasteiger partial charge in [-0.15, -0.1) is 0 Å². The monoisotopic (exact) mass is 522 g/mol. The number of rotatable bonds is 4. The molecule has 0 spiro atoms. The van der Waals surface area contributed by atoms with Crippen LogP contribution < -0.4 is 4.74 Å². The van der Waals surface area contributed by atoms with Crippen molar-refractivity contribution in [3.63, 3.8) is 0 Å². The minimum atomic E-state index is -1.98. The van der Waals surface area contributed by atoms with Gasteiger partial charge >= 0.3 is 0 Å². The average Bonchev–Trinajstić information content (AvgIpc) is 3.10. The Morgan fingerprint density at radius 1 is 1.13 bits per heavy atom. The molecule has 3 saturated carbocycles. The van der Waals surface area contributed by atoms with Crippen LogP contribution in [-0.4, -0.2) is 45.8 Å². The van der Waals surface area contributed by atoms with E-state index in [1.165, 1.54) is 29.7 Å². The molecule has 0 amide bonds. The minimum absolute atomic E-state index is 0.0270. The van der Waals surface area contributed by atoms with E-state index in [0.29, 0.717) is 25.0 Å². The largest absolute Gasteiger partial charge is 0.486 e. The van der Waals surface area contributed by atoms with Gasteiger partial charge in [-0.05, 0) is 106 Å². The number of halogens is 1. The number of allylic oxidation sites excluding steroid dienone is 4. The van der Waals surface area contributed by atoms with E-state index in [1.54, 1.807) is 13.0 Å². The number of aliphatic hydroxyl groups excluding tert-OH is 1. The molecule has 1 aromatic carbocycles. The van der Waals surface area contributed by atoms with Gasteiger partial charge in [0.15, 0.2) is 11.5 Å². The zero-order valence-corrected chi connectivity index (χ0v) is 22.6. The van der Waals surface area contributed by atoms with E-state index in [9.17, 15) is 19.8 Å². The van der Waals surface area contributed by atoms with Crippen molar-refractivity contribution in [3.05, 3.63) is 53.1 Å². The first-order valence-electron chi connectivity index (χ1n) is 14.3. The lowest BCUT2D eigenvalue weighted by Gasteiger charge is -2.62. The number of ether oxygens (including phenoxy) is 1. The predicted molar refractivity (Wildman–Crippen MR) is 141 cm³/mol. The number of carbonyl (C=O) groups is 2. The molecule has 4 unspecified atom stereocenters. The molecule has 5 nitrogen and oxygen atoms in total. The summed E-state index contributed by atoms with van der Waals surface area (Å²) < 4.78 is 23.2. The van der Waals surface area contributed by atoms with Crippen molar-refractivity contribution in [1.29, 1.82) is 0 Å². The molecule has 8 atom stereocenters. The van der Waals surface area contributed by atoms with Gasteiger partial charge in [-0.2, -0.15) is 0 Å². The predicted octanol–water partition coefficient (Wildman–Crippen LogP) is 4.86. The molecule has 0 heterocycles. The highest BCUT2D eigenvalue weighted by atomic mass is 19.1. The second-order valence-corrected chi connectivity index (χ2v) is 13.0. The van der Waals surface area contributed by atoms with Crippen molar-refractivity contribution in [2.75, 3.05) is 6.61 Å². The minimum Gasteiger partial charge on any atom is -0.486 e. The second kappa shape index (κ2) is 8.59. The summed E-state index contributed by atoms with van der Waals surface area (Å²) in [5.74, 6) is -1.16. The van der Waals surface area contributed by atoms with Crippen molar-refractivity contribution in [1.82, 2.24) is 0 Å². The number of aliphatic hydroxyl groups is 2. The van der Waals surface area contributed by atoms with Crippen LogP contribution in [0.3, 0.4) is 0 Å². The quantitative estimate of drug-likeness (QED) is 0.590. The highest BCUT2D eigenvalue weighted by Gasteiger charge is 2.75. The SMILES string of the molecule is C[C@@H]1CC2C3CCC4=CC(=O)C=CC4(C)[C@@]3(F)[C@@H](O)CC2(C)[C@@]1(O)C(=O)COc1ccc2c(c1)CCCC2. The fourth-order valence-electron chi connectivity index (χ4n) is 9.20. The lowest BCUT2D eigenvalue weighted by Crippen LogP contribution is -2.69. The highest BCUT2D eigenvalue weighted by Crippen LogP contribution is 2.70. The summed E-state index contributed by atoms with van der Waals surface area (Å²) in [5.41, 5.74) is -2.48. The number of carbonyl (C=O) groups excluding carboxylic acids is 2. The number of Topliss-reactive ketones (excluding diaryl/α,β-unsaturated/α-hetero) is 1. The fraction of sp³-hybridized carbons (Fsp3) is 0.625.